The van der Waals surface area contributed by atoms with E-state index in [4.69, 9.17) is 5.73 Å². The van der Waals surface area contributed by atoms with Crippen LogP contribution in [0.2, 0.25) is 0 Å². The Morgan fingerprint density at radius 1 is 1.31 bits per heavy atom. The van der Waals surface area contributed by atoms with Gasteiger partial charge < -0.3 is 16.4 Å². The molecule has 0 aliphatic heterocycles. The summed E-state index contributed by atoms with van der Waals surface area (Å²) in [6, 6.07) is 6.63. The van der Waals surface area contributed by atoms with Crippen LogP contribution in [0.25, 0.3) is 0 Å². The number of hydrogen-bond acceptors (Lipinski definition) is 3. The van der Waals surface area contributed by atoms with Gasteiger partial charge in [-0.2, -0.15) is 0 Å². The lowest BCUT2D eigenvalue weighted by Crippen LogP contribution is -2.32. The van der Waals surface area contributed by atoms with Crippen LogP contribution in [0.5, 0.6) is 0 Å². The Hall–Kier alpha value is -2.04. The number of carbonyl (C=O) groups is 2. The maximum Gasteiger partial charge on any atom is 0.239 e. The summed E-state index contributed by atoms with van der Waals surface area (Å²) in [6.07, 6.45) is 0. The summed E-state index contributed by atoms with van der Waals surface area (Å²) in [5.74, 6) is -0.565. The van der Waals surface area contributed by atoms with Crippen LogP contribution in [0.4, 0.5) is 11.4 Å². The zero-order chi connectivity index (χ0) is 12.1. The van der Waals surface area contributed by atoms with Gasteiger partial charge in [0.1, 0.15) is 6.04 Å². The summed E-state index contributed by atoms with van der Waals surface area (Å²) >= 11 is 0. The minimum absolute atomic E-state index is 0.139. The maximum absolute atomic E-state index is 10.9. The molecule has 16 heavy (non-hydrogen) atoms. The summed E-state index contributed by atoms with van der Waals surface area (Å²) in [7, 11) is 0. The number of carbonyl (C=O) groups excluding carboxylic acids is 2. The van der Waals surface area contributed by atoms with Crippen molar-refractivity contribution in [2.75, 3.05) is 10.6 Å². The third-order valence-electron chi connectivity index (χ3n) is 1.99. The largest absolute Gasteiger partial charge is 0.374 e. The van der Waals surface area contributed by atoms with Crippen LogP contribution < -0.4 is 16.4 Å². The van der Waals surface area contributed by atoms with Gasteiger partial charge in [-0.25, -0.2) is 0 Å². The van der Waals surface area contributed by atoms with Crippen molar-refractivity contribution in [3.05, 3.63) is 24.3 Å². The first-order valence-corrected chi connectivity index (χ1v) is 4.92. The molecule has 5 heteroatoms. The molecule has 0 bridgehead atoms. The monoisotopic (exact) mass is 221 g/mol. The highest BCUT2D eigenvalue weighted by Crippen LogP contribution is 2.15. The van der Waals surface area contributed by atoms with E-state index in [1.54, 1.807) is 31.2 Å². The second-order valence-corrected chi connectivity index (χ2v) is 3.53. The second kappa shape index (κ2) is 5.16. The summed E-state index contributed by atoms with van der Waals surface area (Å²) < 4.78 is 0. The molecule has 1 rings (SSSR count). The van der Waals surface area contributed by atoms with Gasteiger partial charge in [0.15, 0.2) is 0 Å². The van der Waals surface area contributed by atoms with E-state index in [-0.39, 0.29) is 5.91 Å². The molecule has 0 radical (unpaired) electrons. The quantitative estimate of drug-likeness (QED) is 0.707. The zero-order valence-corrected chi connectivity index (χ0v) is 9.28. The third kappa shape index (κ3) is 3.61. The molecule has 1 aromatic carbocycles. The van der Waals surface area contributed by atoms with E-state index in [2.05, 4.69) is 10.6 Å². The van der Waals surface area contributed by atoms with E-state index < -0.39 is 11.9 Å². The van der Waals surface area contributed by atoms with Crippen LogP contribution >= 0.6 is 0 Å². The summed E-state index contributed by atoms with van der Waals surface area (Å²) in [5, 5.41) is 5.58. The van der Waals surface area contributed by atoms with Gasteiger partial charge in [0.2, 0.25) is 11.8 Å². The van der Waals surface area contributed by atoms with Crippen LogP contribution in [0.15, 0.2) is 24.3 Å². The molecule has 0 saturated carbocycles. The molecule has 0 heterocycles. The fourth-order valence-electron chi connectivity index (χ4n) is 1.21. The third-order valence-corrected chi connectivity index (χ3v) is 1.99. The highest BCUT2D eigenvalue weighted by molar-refractivity contribution is 5.89. The lowest BCUT2D eigenvalue weighted by Gasteiger charge is -2.12. The first-order valence-electron chi connectivity index (χ1n) is 4.92. The Labute approximate surface area is 94.0 Å². The molecule has 4 N–H and O–H groups in total. The van der Waals surface area contributed by atoms with Crippen LogP contribution in [-0.4, -0.2) is 17.9 Å². The summed E-state index contributed by atoms with van der Waals surface area (Å²) in [5.41, 5.74) is 6.54. The van der Waals surface area contributed by atoms with E-state index in [0.717, 1.165) is 5.69 Å². The fourth-order valence-corrected chi connectivity index (χ4v) is 1.21. The smallest absolute Gasteiger partial charge is 0.239 e. The standard InChI is InChI=1S/C11H15N3O2/c1-7(11(12)16)13-9-4-3-5-10(6-9)14-8(2)15/h3-7,13H,1-2H3,(H2,12,16)(H,14,15). The van der Waals surface area contributed by atoms with Crippen LogP contribution in [0, 0.1) is 0 Å². The van der Waals surface area contributed by atoms with Gasteiger partial charge in [0.25, 0.3) is 0 Å². The first kappa shape index (κ1) is 12.0. The molecule has 0 aliphatic rings. The lowest BCUT2D eigenvalue weighted by atomic mass is 10.2. The summed E-state index contributed by atoms with van der Waals surface area (Å²) in [6.45, 7) is 3.11. The highest BCUT2D eigenvalue weighted by atomic mass is 16.1. The topological polar surface area (TPSA) is 84.2 Å². The van der Waals surface area contributed by atoms with E-state index >= 15 is 0 Å². The van der Waals surface area contributed by atoms with E-state index in [0.29, 0.717) is 5.69 Å². The van der Waals surface area contributed by atoms with Crippen molar-refractivity contribution in [3.8, 4) is 0 Å². The number of amides is 2. The molecule has 0 spiro atoms. The average molecular weight is 221 g/mol. The maximum atomic E-state index is 10.9. The predicted octanol–water partition coefficient (Wildman–Crippen LogP) is 0.931. The number of rotatable bonds is 4. The van der Waals surface area contributed by atoms with E-state index in [1.807, 2.05) is 0 Å². The van der Waals surface area contributed by atoms with Crippen molar-refractivity contribution in [1.29, 1.82) is 0 Å². The van der Waals surface area contributed by atoms with Gasteiger partial charge in [-0.15, -0.1) is 0 Å². The number of hydrogen-bond donors (Lipinski definition) is 3. The minimum Gasteiger partial charge on any atom is -0.374 e. The molecule has 5 nitrogen and oxygen atoms in total. The Balaban J connectivity index is 2.74. The molecular weight excluding hydrogens is 206 g/mol. The number of benzene rings is 1. The fraction of sp³-hybridized carbons (Fsp3) is 0.273. The second-order valence-electron chi connectivity index (χ2n) is 3.53. The van der Waals surface area contributed by atoms with Gasteiger partial charge in [-0.3, -0.25) is 9.59 Å². The molecule has 1 aromatic rings. The molecule has 86 valence electrons. The van der Waals surface area contributed by atoms with E-state index in [9.17, 15) is 9.59 Å². The molecule has 1 atom stereocenters. The van der Waals surface area contributed by atoms with Crippen molar-refractivity contribution < 1.29 is 9.59 Å². The SMILES string of the molecule is CC(=O)Nc1cccc(NC(C)C(N)=O)c1. The van der Waals surface area contributed by atoms with Gasteiger partial charge in [0.05, 0.1) is 0 Å². The van der Waals surface area contributed by atoms with E-state index in [1.165, 1.54) is 6.92 Å². The Kier molecular flexibility index (Phi) is 3.88. The number of nitrogens with one attached hydrogen (secondary N) is 2. The molecule has 0 aliphatic carbocycles. The van der Waals surface area contributed by atoms with Crippen molar-refractivity contribution in [2.24, 2.45) is 5.73 Å². The first-order chi connectivity index (χ1) is 7.49. The van der Waals surface area contributed by atoms with Crippen molar-refractivity contribution >= 4 is 23.2 Å². The molecule has 2 amide bonds. The number of nitrogens with two attached hydrogens (primary N) is 1. The normalized spacial score (nSPS) is 11.6. The zero-order valence-electron chi connectivity index (χ0n) is 9.28. The Bertz CT molecular complexity index is 404. The number of primary amides is 1. The van der Waals surface area contributed by atoms with Crippen LogP contribution in [0.3, 0.4) is 0 Å². The molecule has 0 saturated heterocycles. The average Bonchev–Trinajstić information content (AvgIpc) is 2.16. The molecule has 0 aromatic heterocycles. The van der Waals surface area contributed by atoms with Gasteiger partial charge in [0, 0.05) is 18.3 Å². The lowest BCUT2D eigenvalue weighted by molar-refractivity contribution is -0.118. The molecule has 1 unspecified atom stereocenters. The van der Waals surface area contributed by atoms with Gasteiger partial charge in [-0.05, 0) is 25.1 Å². The highest BCUT2D eigenvalue weighted by Gasteiger charge is 2.07. The molecule has 0 fully saturated rings. The summed E-state index contributed by atoms with van der Waals surface area (Å²) in [4.78, 5) is 21.7. The van der Waals surface area contributed by atoms with Crippen LogP contribution in [0.1, 0.15) is 13.8 Å². The van der Waals surface area contributed by atoms with Crippen molar-refractivity contribution in [3.63, 3.8) is 0 Å². The van der Waals surface area contributed by atoms with Gasteiger partial charge in [-0.1, -0.05) is 6.07 Å². The minimum atomic E-state index is -0.451. The number of anilines is 2. The van der Waals surface area contributed by atoms with Crippen molar-refractivity contribution in [2.45, 2.75) is 19.9 Å². The van der Waals surface area contributed by atoms with Gasteiger partial charge >= 0.3 is 0 Å². The predicted molar refractivity (Wildman–Crippen MR) is 63.0 cm³/mol. The van der Waals surface area contributed by atoms with Crippen molar-refractivity contribution in [1.82, 2.24) is 0 Å². The Morgan fingerprint density at radius 3 is 2.50 bits per heavy atom. The molecular formula is C11H15N3O2. The van der Waals surface area contributed by atoms with Crippen LogP contribution in [-0.2, 0) is 9.59 Å². The Morgan fingerprint density at radius 2 is 1.94 bits per heavy atom.